The maximum Gasteiger partial charge on any atom is 0.309 e. The van der Waals surface area contributed by atoms with Gasteiger partial charge in [-0.15, -0.1) is 0 Å². The number of hydrogen-bond acceptors (Lipinski definition) is 5. The first kappa shape index (κ1) is 31.0. The van der Waals surface area contributed by atoms with Crippen LogP contribution in [0.5, 0.6) is 0 Å². The second-order valence-electron chi connectivity index (χ2n) is 9.27. The zero-order valence-corrected chi connectivity index (χ0v) is 23.1. The van der Waals surface area contributed by atoms with Crippen LogP contribution in [0.2, 0.25) is 0 Å². The highest BCUT2D eigenvalue weighted by atomic mass is 32.2. The molecule has 1 N–H and O–H groups in total. The smallest absolute Gasteiger partial charge is 0.309 e. The molecule has 0 aromatic heterocycles. The Morgan fingerprint density at radius 1 is 0.853 bits per heavy atom. The van der Waals surface area contributed by atoms with Crippen LogP contribution < -0.4 is 4.72 Å². The molecule has 0 spiro atoms. The first-order valence-electron chi connectivity index (χ1n) is 13.2. The van der Waals surface area contributed by atoms with Gasteiger partial charge in [0.1, 0.15) is 0 Å². The van der Waals surface area contributed by atoms with E-state index in [0.29, 0.717) is 6.42 Å². The lowest BCUT2D eigenvalue weighted by atomic mass is 10.0. The molecule has 5 nitrogen and oxygen atoms in total. The summed E-state index contributed by atoms with van der Waals surface area (Å²) in [6.45, 7) is 2.51. The molecule has 0 bridgehead atoms. The molecule has 0 aliphatic carbocycles. The fourth-order valence-electron chi connectivity index (χ4n) is 3.98. The molecule has 1 unspecified atom stereocenters. The van der Waals surface area contributed by atoms with Gasteiger partial charge in [0.05, 0.1) is 19.3 Å². The van der Waals surface area contributed by atoms with Crippen molar-refractivity contribution in [2.24, 2.45) is 0 Å². The van der Waals surface area contributed by atoms with E-state index in [-0.39, 0.29) is 29.9 Å². The Morgan fingerprint density at radius 2 is 1.32 bits per heavy atom. The summed E-state index contributed by atoms with van der Waals surface area (Å²) in [6, 6.07) is 7.44. The van der Waals surface area contributed by atoms with Crippen LogP contribution in [-0.2, 0) is 26.0 Å². The van der Waals surface area contributed by atoms with Crippen molar-refractivity contribution in [1.82, 2.24) is 4.72 Å². The minimum Gasteiger partial charge on any atom is -0.469 e. The van der Waals surface area contributed by atoms with Crippen molar-refractivity contribution in [3.63, 3.8) is 0 Å². The van der Waals surface area contributed by atoms with E-state index in [0.717, 1.165) is 24.0 Å². The van der Waals surface area contributed by atoms with Gasteiger partial charge >= 0.3 is 5.97 Å². The summed E-state index contributed by atoms with van der Waals surface area (Å²) in [5.41, 5.74) is 1.77. The standard InChI is InChI=1S/C27H47NO4S2/c1-3-4-5-6-7-8-9-10-11-12-13-14-15-16-21-34(30,31)28-23-26(33)25-19-17-24(18-20-25)22-27(29)32-2/h17-20,26,28,33H,3-16,21-23H2,1-2H3. The van der Waals surface area contributed by atoms with Crippen molar-refractivity contribution in [2.75, 3.05) is 19.4 Å². The van der Waals surface area contributed by atoms with E-state index in [2.05, 4.69) is 29.0 Å². The van der Waals surface area contributed by atoms with E-state index >= 15 is 0 Å². The molecule has 1 rings (SSSR count). The zero-order chi connectivity index (χ0) is 25.1. The molecule has 7 heteroatoms. The van der Waals surface area contributed by atoms with Gasteiger partial charge in [0.25, 0.3) is 0 Å². The van der Waals surface area contributed by atoms with Gasteiger partial charge in [-0.3, -0.25) is 4.79 Å². The lowest BCUT2D eigenvalue weighted by molar-refractivity contribution is -0.139. The molecule has 34 heavy (non-hydrogen) atoms. The van der Waals surface area contributed by atoms with Crippen molar-refractivity contribution in [2.45, 2.75) is 108 Å². The van der Waals surface area contributed by atoms with Crippen LogP contribution >= 0.6 is 12.6 Å². The van der Waals surface area contributed by atoms with Gasteiger partial charge in [0, 0.05) is 11.8 Å². The van der Waals surface area contributed by atoms with Crippen LogP contribution in [0.4, 0.5) is 0 Å². The van der Waals surface area contributed by atoms with E-state index < -0.39 is 10.0 Å². The normalized spacial score (nSPS) is 12.6. The lowest BCUT2D eigenvalue weighted by Crippen LogP contribution is -2.29. The Bertz CT molecular complexity index is 750. The number of hydrogen-bond donors (Lipinski definition) is 2. The highest BCUT2D eigenvalue weighted by Gasteiger charge is 2.14. The highest BCUT2D eigenvalue weighted by Crippen LogP contribution is 2.20. The predicted octanol–water partition coefficient (Wildman–Crippen LogP) is 6.77. The number of carbonyl (C=O) groups excluding carboxylic acids is 1. The third-order valence-electron chi connectivity index (χ3n) is 6.20. The average molecular weight is 514 g/mol. The summed E-state index contributed by atoms with van der Waals surface area (Å²) >= 11 is 4.53. The van der Waals surface area contributed by atoms with Crippen molar-refractivity contribution < 1.29 is 17.9 Å². The molecule has 0 saturated carbocycles. The van der Waals surface area contributed by atoms with E-state index in [9.17, 15) is 13.2 Å². The van der Waals surface area contributed by atoms with Crippen molar-refractivity contribution in [3.8, 4) is 0 Å². The maximum absolute atomic E-state index is 12.3. The Kier molecular flexibility index (Phi) is 17.5. The molecule has 1 aromatic carbocycles. The third-order valence-corrected chi connectivity index (χ3v) is 8.12. The molecule has 0 aliphatic heterocycles. The maximum atomic E-state index is 12.3. The molecule has 1 atom stereocenters. The summed E-state index contributed by atoms with van der Waals surface area (Å²) in [7, 11) is -1.92. The molecule has 0 fully saturated rings. The summed E-state index contributed by atoms with van der Waals surface area (Å²) in [5, 5.41) is -0.238. The predicted molar refractivity (Wildman–Crippen MR) is 146 cm³/mol. The SMILES string of the molecule is CCCCCCCCCCCCCCCCS(=O)(=O)NCC(S)c1ccc(CC(=O)OC)cc1. The van der Waals surface area contributed by atoms with Gasteiger partial charge in [-0.2, -0.15) is 12.6 Å². The Morgan fingerprint density at radius 3 is 1.79 bits per heavy atom. The molecule has 0 saturated heterocycles. The molecular formula is C27H47NO4S2. The third kappa shape index (κ3) is 15.8. The van der Waals surface area contributed by atoms with Crippen LogP contribution in [-0.4, -0.2) is 33.8 Å². The summed E-state index contributed by atoms with van der Waals surface area (Å²) in [6.07, 6.45) is 17.7. The quantitative estimate of drug-likeness (QED) is 0.108. The average Bonchev–Trinajstić information content (AvgIpc) is 2.83. The van der Waals surface area contributed by atoms with Crippen LogP contribution in [0.15, 0.2) is 24.3 Å². The second-order valence-corrected chi connectivity index (χ2v) is 11.8. The van der Waals surface area contributed by atoms with E-state index in [1.807, 2.05) is 24.3 Å². The second kappa shape index (κ2) is 19.2. The number of rotatable bonds is 21. The number of sulfonamides is 1. The molecule has 0 heterocycles. The number of ether oxygens (including phenoxy) is 1. The number of unbranched alkanes of at least 4 members (excludes halogenated alkanes) is 13. The van der Waals surface area contributed by atoms with E-state index in [4.69, 9.17) is 0 Å². The number of esters is 1. The fourth-order valence-corrected chi connectivity index (χ4v) is 5.52. The molecule has 0 aliphatic rings. The van der Waals surface area contributed by atoms with Crippen LogP contribution in [0.25, 0.3) is 0 Å². The molecule has 1 aromatic rings. The number of carbonyl (C=O) groups is 1. The topological polar surface area (TPSA) is 72.5 Å². The molecule has 0 amide bonds. The molecular weight excluding hydrogens is 466 g/mol. The molecule has 0 radical (unpaired) electrons. The molecule has 196 valence electrons. The number of thiol groups is 1. The van der Waals surface area contributed by atoms with Gasteiger partial charge in [-0.25, -0.2) is 13.1 Å². The van der Waals surface area contributed by atoms with Crippen LogP contribution in [0.3, 0.4) is 0 Å². The van der Waals surface area contributed by atoms with Gasteiger partial charge in [0.15, 0.2) is 0 Å². The Labute approximate surface area is 214 Å². The summed E-state index contributed by atoms with van der Waals surface area (Å²) in [5.74, 6) is -0.115. The van der Waals surface area contributed by atoms with Gasteiger partial charge < -0.3 is 4.74 Å². The van der Waals surface area contributed by atoms with Gasteiger partial charge in [-0.05, 0) is 17.5 Å². The largest absolute Gasteiger partial charge is 0.469 e. The minimum atomic E-state index is -3.29. The Hall–Kier alpha value is -1.05. The number of methoxy groups -OCH3 is 1. The first-order valence-corrected chi connectivity index (χ1v) is 15.4. The minimum absolute atomic E-state index is 0.170. The van der Waals surface area contributed by atoms with Crippen molar-refractivity contribution >= 4 is 28.6 Å². The van der Waals surface area contributed by atoms with E-state index in [1.54, 1.807) is 0 Å². The van der Waals surface area contributed by atoms with Gasteiger partial charge in [-0.1, -0.05) is 115 Å². The Balaban J connectivity index is 2.07. The summed E-state index contributed by atoms with van der Waals surface area (Å²) < 4.78 is 31.9. The highest BCUT2D eigenvalue weighted by molar-refractivity contribution is 7.89. The number of benzene rings is 1. The lowest BCUT2D eigenvalue weighted by Gasteiger charge is -2.13. The van der Waals surface area contributed by atoms with Gasteiger partial charge in [0.2, 0.25) is 10.0 Å². The monoisotopic (exact) mass is 513 g/mol. The van der Waals surface area contributed by atoms with Crippen molar-refractivity contribution in [1.29, 1.82) is 0 Å². The fraction of sp³-hybridized carbons (Fsp3) is 0.741. The summed E-state index contributed by atoms with van der Waals surface area (Å²) in [4.78, 5) is 11.3. The first-order chi connectivity index (χ1) is 16.4. The van der Waals surface area contributed by atoms with E-state index in [1.165, 1.54) is 77.7 Å². The number of nitrogens with one attached hydrogen (secondary N) is 1. The van der Waals surface area contributed by atoms with Crippen molar-refractivity contribution in [3.05, 3.63) is 35.4 Å². The zero-order valence-electron chi connectivity index (χ0n) is 21.4. The van der Waals surface area contributed by atoms with Crippen LogP contribution in [0.1, 0.15) is 113 Å². The van der Waals surface area contributed by atoms with Crippen LogP contribution in [0, 0.1) is 0 Å².